The van der Waals surface area contributed by atoms with Crippen LogP contribution in [0.1, 0.15) is 24.0 Å². The van der Waals surface area contributed by atoms with E-state index in [1.54, 1.807) is 6.07 Å². The lowest BCUT2D eigenvalue weighted by Crippen LogP contribution is -2.31. The number of alkyl halides is 5. The highest BCUT2D eigenvalue weighted by Gasteiger charge is 2.35. The minimum atomic E-state index is -4.71. The summed E-state index contributed by atoms with van der Waals surface area (Å²) in [5.41, 5.74) is 6.30. The fourth-order valence-corrected chi connectivity index (χ4v) is 4.77. The molecule has 0 bridgehead atoms. The molecule has 1 heterocycles. The van der Waals surface area contributed by atoms with Crippen molar-refractivity contribution in [2.75, 3.05) is 11.3 Å². The third-order valence-electron chi connectivity index (χ3n) is 6.07. The molecule has 4 N–H and O–H groups in total. The van der Waals surface area contributed by atoms with Crippen molar-refractivity contribution in [2.24, 2.45) is 11.6 Å². The van der Waals surface area contributed by atoms with E-state index < -0.39 is 34.6 Å². The van der Waals surface area contributed by atoms with Crippen LogP contribution in [0.5, 0.6) is 5.75 Å². The summed E-state index contributed by atoms with van der Waals surface area (Å²) in [5, 5.41) is 1.09. The maximum Gasteiger partial charge on any atom is 0.434 e. The van der Waals surface area contributed by atoms with Crippen LogP contribution in [-0.2, 0) is 17.0 Å². The molecule has 1 aromatic heterocycles. The third kappa shape index (κ3) is 6.77. The second-order valence-electron chi connectivity index (χ2n) is 9.23. The molecule has 0 fully saturated rings. The number of nitrogens with two attached hydrogens (primary N) is 2. The number of rotatable bonds is 8. The Labute approximate surface area is 239 Å². The average Bonchev–Trinajstić information content (AvgIpc) is 3.30. The van der Waals surface area contributed by atoms with Gasteiger partial charge in [-0.3, -0.25) is 9.22 Å². The highest BCUT2D eigenvalue weighted by molar-refractivity contribution is 7.84. The van der Waals surface area contributed by atoms with Gasteiger partial charge in [-0.1, -0.05) is 6.07 Å². The molecule has 3 aromatic carbocycles. The largest absolute Gasteiger partial charge is 0.434 e. The normalized spacial score (nSPS) is 13.2. The van der Waals surface area contributed by atoms with Gasteiger partial charge in [0.25, 0.3) is 0 Å². The number of ether oxygens (including phenoxy) is 1. The van der Waals surface area contributed by atoms with Crippen molar-refractivity contribution in [3.63, 3.8) is 0 Å². The van der Waals surface area contributed by atoms with Crippen molar-refractivity contribution >= 4 is 22.2 Å². The Morgan fingerprint density at radius 1 is 1.02 bits per heavy atom. The summed E-state index contributed by atoms with van der Waals surface area (Å²) in [6.07, 6.45) is -4.80. The Hall–Kier alpha value is -4.30. The molecule has 14 heteroatoms. The number of hydrazine groups is 1. The number of halogens is 6. The molecule has 4 rings (SSSR count). The zero-order valence-corrected chi connectivity index (χ0v) is 23.2. The van der Waals surface area contributed by atoms with Crippen molar-refractivity contribution in [1.82, 2.24) is 9.55 Å². The van der Waals surface area contributed by atoms with Gasteiger partial charge >= 0.3 is 12.3 Å². The first-order valence-electron chi connectivity index (χ1n) is 12.1. The van der Waals surface area contributed by atoms with Gasteiger partial charge < -0.3 is 15.0 Å². The fraction of sp³-hybridized carbons (Fsp3) is 0.179. The molecule has 0 aliphatic rings. The van der Waals surface area contributed by atoms with Gasteiger partial charge in [0.2, 0.25) is 0 Å². The molecule has 222 valence electrons. The molecule has 0 aliphatic carbocycles. The molecule has 0 spiro atoms. The summed E-state index contributed by atoms with van der Waals surface area (Å²) in [7, 11) is -1.50. The van der Waals surface area contributed by atoms with E-state index >= 15 is 0 Å². The first-order valence-corrected chi connectivity index (χ1v) is 13.7. The smallest absolute Gasteiger partial charge is 0.433 e. The summed E-state index contributed by atoms with van der Waals surface area (Å²) in [5.74, 6) is 5.74. The van der Waals surface area contributed by atoms with Crippen LogP contribution in [0.15, 0.2) is 78.0 Å². The van der Waals surface area contributed by atoms with E-state index in [1.165, 1.54) is 66.3 Å². The second kappa shape index (κ2) is 11.5. The average molecular weight is 610 g/mol. The van der Waals surface area contributed by atoms with Gasteiger partial charge in [-0.05, 0) is 72.6 Å². The van der Waals surface area contributed by atoms with Gasteiger partial charge in [-0.25, -0.2) is 15.2 Å². The maximum absolute atomic E-state index is 14.4. The summed E-state index contributed by atoms with van der Waals surface area (Å²) in [6.45, 7) is 1.97. The number of hydrogen-bond donors (Lipinski definition) is 2. The number of hydrogen-bond acceptors (Lipinski definition) is 6. The Bertz CT molecular complexity index is 1660. The standard InChI is InChI=1S/C28H25F6N5O2S/c1-16-37-26(28(32,33)34)15-38(16)23-9-6-18(19-10-20(29)13-22(11-19)42(3)40)12-24(23)39(36)25(14-35)17-4-7-21(8-5-17)41-27(2,30)31/h4-15H,35-36H2,1-3H3/b25-14-. The van der Waals surface area contributed by atoms with Crippen LogP contribution in [0, 0.1) is 12.7 Å². The van der Waals surface area contributed by atoms with Gasteiger partial charge in [-0.2, -0.15) is 22.0 Å². The molecule has 0 saturated heterocycles. The lowest BCUT2D eigenvalue weighted by molar-refractivity contribution is -0.159. The first-order chi connectivity index (χ1) is 19.6. The van der Waals surface area contributed by atoms with Crippen LogP contribution in [0.4, 0.5) is 32.0 Å². The van der Waals surface area contributed by atoms with E-state index in [9.17, 15) is 30.6 Å². The van der Waals surface area contributed by atoms with Crippen molar-refractivity contribution < 1.29 is 35.3 Å². The zero-order chi connectivity index (χ0) is 31.0. The predicted molar refractivity (Wildman–Crippen MR) is 148 cm³/mol. The van der Waals surface area contributed by atoms with E-state index in [4.69, 9.17) is 11.6 Å². The van der Waals surface area contributed by atoms with Gasteiger partial charge in [0, 0.05) is 46.8 Å². The highest BCUT2D eigenvalue weighted by Crippen LogP contribution is 2.37. The summed E-state index contributed by atoms with van der Waals surface area (Å²) in [4.78, 5) is 3.85. The molecule has 42 heavy (non-hydrogen) atoms. The Morgan fingerprint density at radius 2 is 1.69 bits per heavy atom. The summed E-state index contributed by atoms with van der Waals surface area (Å²) < 4.78 is 99.1. The number of nitrogens with zero attached hydrogens (tertiary/aromatic N) is 3. The number of aromatic nitrogens is 2. The van der Waals surface area contributed by atoms with Crippen LogP contribution in [0.2, 0.25) is 0 Å². The van der Waals surface area contributed by atoms with Crippen LogP contribution in [0.3, 0.4) is 0 Å². The molecule has 0 radical (unpaired) electrons. The minimum absolute atomic E-state index is 0.000537. The molecular formula is C28H25F6N5O2S. The first kappa shape index (κ1) is 30.7. The number of aryl methyl sites for hydroxylation is 1. The topological polar surface area (TPSA) is 99.4 Å². The summed E-state index contributed by atoms with van der Waals surface area (Å²) in [6, 6.07) is 13.8. The molecule has 1 atom stereocenters. The fourth-order valence-electron chi connectivity index (χ4n) is 4.19. The van der Waals surface area contributed by atoms with Crippen LogP contribution in [0.25, 0.3) is 22.5 Å². The maximum atomic E-state index is 14.4. The van der Waals surface area contributed by atoms with E-state index in [1.807, 2.05) is 0 Å². The van der Waals surface area contributed by atoms with Crippen molar-refractivity contribution in [3.8, 4) is 22.6 Å². The van der Waals surface area contributed by atoms with Crippen LogP contribution >= 0.6 is 0 Å². The van der Waals surface area contributed by atoms with Crippen molar-refractivity contribution in [2.45, 2.75) is 31.0 Å². The van der Waals surface area contributed by atoms with Crippen LogP contribution < -0.4 is 21.3 Å². The number of imidazole rings is 1. The van der Waals surface area contributed by atoms with Crippen molar-refractivity contribution in [1.29, 1.82) is 0 Å². The van der Waals surface area contributed by atoms with Crippen molar-refractivity contribution in [3.05, 3.63) is 96.0 Å². The lowest BCUT2D eigenvalue weighted by Gasteiger charge is -2.26. The molecule has 4 aromatic rings. The quantitative estimate of drug-likeness (QED) is 0.137. The van der Waals surface area contributed by atoms with Gasteiger partial charge in [0.05, 0.1) is 17.1 Å². The summed E-state index contributed by atoms with van der Waals surface area (Å²) >= 11 is 0. The SMILES string of the molecule is Cc1nc(C(F)(F)F)cn1-c1ccc(-c2cc(F)cc(S(C)=O)c2)cc1N(N)/C(=C\N)c1ccc(OC(C)(F)F)cc1. The predicted octanol–water partition coefficient (Wildman–Crippen LogP) is 6.37. The Balaban J connectivity index is 1.87. The van der Waals surface area contributed by atoms with Gasteiger partial charge in [0.15, 0.2) is 5.69 Å². The molecule has 1 unspecified atom stereocenters. The number of benzene rings is 3. The molecule has 0 amide bonds. The van der Waals surface area contributed by atoms with E-state index in [0.717, 1.165) is 23.5 Å². The van der Waals surface area contributed by atoms with Gasteiger partial charge in [-0.15, -0.1) is 0 Å². The molecule has 0 aliphatic heterocycles. The Kier molecular flexibility index (Phi) is 8.41. The molecular weight excluding hydrogens is 584 g/mol. The second-order valence-corrected chi connectivity index (χ2v) is 10.6. The number of anilines is 1. The lowest BCUT2D eigenvalue weighted by atomic mass is 10.0. The minimum Gasteiger partial charge on any atom is -0.433 e. The molecule has 0 saturated carbocycles. The van der Waals surface area contributed by atoms with E-state index in [-0.39, 0.29) is 33.5 Å². The van der Waals surface area contributed by atoms with Crippen LogP contribution in [-0.4, -0.2) is 26.1 Å². The molecule has 7 nitrogen and oxygen atoms in total. The zero-order valence-electron chi connectivity index (χ0n) is 22.4. The third-order valence-corrected chi connectivity index (χ3v) is 6.97. The highest BCUT2D eigenvalue weighted by atomic mass is 32.2. The Morgan fingerprint density at radius 3 is 2.24 bits per heavy atom. The van der Waals surface area contributed by atoms with E-state index in [2.05, 4.69) is 9.72 Å². The van der Waals surface area contributed by atoms with Gasteiger partial charge in [0.1, 0.15) is 17.4 Å². The monoisotopic (exact) mass is 609 g/mol. The van der Waals surface area contributed by atoms with E-state index in [0.29, 0.717) is 23.6 Å².